The zero-order chi connectivity index (χ0) is 12.1. The predicted molar refractivity (Wildman–Crippen MR) is 70.5 cm³/mol. The molecule has 0 atom stereocenters. The van der Waals surface area contributed by atoms with E-state index in [4.69, 9.17) is 10.6 Å². The Bertz CT molecular complexity index is 473. The fourth-order valence-electron chi connectivity index (χ4n) is 1.16. The summed E-state index contributed by atoms with van der Waals surface area (Å²) in [5.74, 6) is 7.20. The van der Waals surface area contributed by atoms with Crippen molar-refractivity contribution < 1.29 is 4.74 Å². The maximum atomic E-state index is 5.58. The zero-order valence-electron chi connectivity index (χ0n) is 8.91. The Hall–Kier alpha value is -1.21. The quantitative estimate of drug-likeness (QED) is 0.519. The minimum atomic E-state index is 0.596. The first-order chi connectivity index (χ1) is 8.25. The van der Waals surface area contributed by atoms with Crippen LogP contribution >= 0.6 is 27.7 Å². The number of thioether (sulfide) groups is 1. The Balaban J connectivity index is 1.73. The second kappa shape index (κ2) is 5.92. The summed E-state index contributed by atoms with van der Waals surface area (Å²) in [6.07, 6.45) is 1.47. The molecular weight excluding hydrogens is 304 g/mol. The van der Waals surface area contributed by atoms with E-state index < -0.39 is 0 Å². The molecule has 0 aliphatic rings. The predicted octanol–water partition coefficient (Wildman–Crippen LogP) is 1.93. The average Bonchev–Trinajstić information content (AvgIpc) is 2.73. The van der Waals surface area contributed by atoms with E-state index in [0.717, 1.165) is 16.0 Å². The molecule has 0 aliphatic carbocycles. The van der Waals surface area contributed by atoms with Crippen molar-refractivity contribution in [2.45, 2.75) is 5.16 Å². The van der Waals surface area contributed by atoms with Gasteiger partial charge in [-0.3, -0.25) is 0 Å². The largest absolute Gasteiger partial charge is 0.493 e. The fraction of sp³-hybridized carbons (Fsp3) is 0.200. The van der Waals surface area contributed by atoms with Gasteiger partial charge < -0.3 is 10.6 Å². The van der Waals surface area contributed by atoms with Crippen molar-refractivity contribution in [3.8, 4) is 5.75 Å². The Labute approximate surface area is 111 Å². The molecule has 0 bridgehead atoms. The summed E-state index contributed by atoms with van der Waals surface area (Å²) < 4.78 is 7.99. The number of hydrogen-bond acceptors (Lipinski definition) is 5. The first-order valence-electron chi connectivity index (χ1n) is 4.92. The van der Waals surface area contributed by atoms with E-state index in [2.05, 4.69) is 26.1 Å². The maximum Gasteiger partial charge on any atom is 0.209 e. The minimum Gasteiger partial charge on any atom is -0.493 e. The lowest BCUT2D eigenvalue weighted by Gasteiger charge is -2.05. The van der Waals surface area contributed by atoms with Crippen molar-refractivity contribution in [2.75, 3.05) is 18.2 Å². The maximum absolute atomic E-state index is 5.58. The molecule has 17 heavy (non-hydrogen) atoms. The number of halogens is 1. The highest BCUT2D eigenvalue weighted by atomic mass is 79.9. The highest BCUT2D eigenvalue weighted by Crippen LogP contribution is 2.17. The van der Waals surface area contributed by atoms with E-state index in [-0.39, 0.29) is 0 Å². The first kappa shape index (κ1) is 12.3. The van der Waals surface area contributed by atoms with Crippen LogP contribution in [0.15, 0.2) is 40.2 Å². The number of rotatable bonds is 5. The average molecular weight is 315 g/mol. The number of hydrogen-bond donors (Lipinski definition) is 1. The molecular formula is C10H11BrN4OS. The summed E-state index contributed by atoms with van der Waals surface area (Å²) in [5, 5.41) is 8.24. The second-order valence-corrected chi connectivity index (χ2v) is 5.15. The molecule has 1 heterocycles. The molecule has 0 amide bonds. The number of nitrogen functional groups attached to an aromatic ring is 1. The molecule has 0 aliphatic heterocycles. The van der Waals surface area contributed by atoms with Crippen LogP contribution in [-0.4, -0.2) is 27.2 Å². The van der Waals surface area contributed by atoms with Gasteiger partial charge in [0.1, 0.15) is 12.1 Å². The highest BCUT2D eigenvalue weighted by molar-refractivity contribution is 9.10. The van der Waals surface area contributed by atoms with Crippen LogP contribution in [0.1, 0.15) is 0 Å². The molecule has 1 aromatic heterocycles. The van der Waals surface area contributed by atoms with Gasteiger partial charge in [-0.05, 0) is 24.3 Å². The second-order valence-electron chi connectivity index (χ2n) is 3.17. The lowest BCUT2D eigenvalue weighted by Crippen LogP contribution is -2.09. The molecule has 0 spiro atoms. The number of aromatic nitrogens is 3. The summed E-state index contributed by atoms with van der Waals surface area (Å²) in [7, 11) is 0. The smallest absolute Gasteiger partial charge is 0.209 e. The van der Waals surface area contributed by atoms with E-state index in [9.17, 15) is 0 Å². The van der Waals surface area contributed by atoms with E-state index in [1.54, 1.807) is 0 Å². The standard InChI is InChI=1S/C10H11BrN4OS/c11-8-1-3-9(4-2-8)16-5-6-17-10-14-13-7-15(10)12/h1-4,7H,5-6,12H2. The van der Waals surface area contributed by atoms with Gasteiger partial charge in [-0.15, -0.1) is 10.2 Å². The molecule has 0 saturated carbocycles. The molecule has 0 saturated heterocycles. The lowest BCUT2D eigenvalue weighted by atomic mass is 10.3. The number of nitrogens with zero attached hydrogens (tertiary/aromatic N) is 3. The van der Waals surface area contributed by atoms with Gasteiger partial charge in [0, 0.05) is 10.2 Å². The Morgan fingerprint density at radius 2 is 2.12 bits per heavy atom. The summed E-state index contributed by atoms with van der Waals surface area (Å²) >= 11 is 4.88. The SMILES string of the molecule is Nn1cnnc1SCCOc1ccc(Br)cc1. The zero-order valence-corrected chi connectivity index (χ0v) is 11.3. The normalized spacial score (nSPS) is 10.4. The van der Waals surface area contributed by atoms with Gasteiger partial charge in [0.05, 0.1) is 6.61 Å². The first-order valence-corrected chi connectivity index (χ1v) is 6.70. The van der Waals surface area contributed by atoms with Crippen LogP contribution in [0.3, 0.4) is 0 Å². The molecule has 0 radical (unpaired) electrons. The van der Waals surface area contributed by atoms with Crippen molar-refractivity contribution in [2.24, 2.45) is 0 Å². The van der Waals surface area contributed by atoms with Gasteiger partial charge in [0.2, 0.25) is 5.16 Å². The summed E-state index contributed by atoms with van der Waals surface area (Å²) in [6, 6.07) is 7.72. The van der Waals surface area contributed by atoms with Gasteiger partial charge in [0.15, 0.2) is 0 Å². The van der Waals surface area contributed by atoms with Crippen LogP contribution in [0.4, 0.5) is 0 Å². The monoisotopic (exact) mass is 314 g/mol. The van der Waals surface area contributed by atoms with Crippen LogP contribution in [0.5, 0.6) is 5.75 Å². The molecule has 0 unspecified atom stereocenters. The number of nitrogens with two attached hydrogens (primary N) is 1. The van der Waals surface area contributed by atoms with Gasteiger partial charge in [0.25, 0.3) is 0 Å². The molecule has 5 nitrogen and oxygen atoms in total. The molecule has 2 rings (SSSR count). The van der Waals surface area contributed by atoms with Crippen LogP contribution in [0.2, 0.25) is 0 Å². The third kappa shape index (κ3) is 3.64. The third-order valence-corrected chi connectivity index (χ3v) is 3.39. The van der Waals surface area contributed by atoms with Gasteiger partial charge >= 0.3 is 0 Å². The Kier molecular flexibility index (Phi) is 4.27. The number of benzene rings is 1. The third-order valence-electron chi connectivity index (χ3n) is 1.94. The van der Waals surface area contributed by atoms with Crippen LogP contribution < -0.4 is 10.6 Å². The van der Waals surface area contributed by atoms with Gasteiger partial charge in [-0.25, -0.2) is 4.68 Å². The van der Waals surface area contributed by atoms with Crippen LogP contribution in [0, 0.1) is 0 Å². The van der Waals surface area contributed by atoms with E-state index in [1.807, 2.05) is 24.3 Å². The lowest BCUT2D eigenvalue weighted by molar-refractivity contribution is 0.344. The van der Waals surface area contributed by atoms with Crippen molar-refractivity contribution >= 4 is 27.7 Å². The van der Waals surface area contributed by atoms with E-state index >= 15 is 0 Å². The molecule has 1 aromatic carbocycles. The molecule has 2 N–H and O–H groups in total. The van der Waals surface area contributed by atoms with Crippen molar-refractivity contribution in [1.82, 2.24) is 14.9 Å². The summed E-state index contributed by atoms with van der Waals surface area (Å²) in [4.78, 5) is 0. The fourth-order valence-corrected chi connectivity index (χ4v) is 2.07. The summed E-state index contributed by atoms with van der Waals surface area (Å²) in [6.45, 7) is 0.596. The Morgan fingerprint density at radius 1 is 1.35 bits per heavy atom. The molecule has 0 fully saturated rings. The van der Waals surface area contributed by atoms with Gasteiger partial charge in [-0.2, -0.15) is 0 Å². The van der Waals surface area contributed by atoms with Crippen LogP contribution in [0.25, 0.3) is 0 Å². The highest BCUT2D eigenvalue weighted by Gasteiger charge is 2.01. The Morgan fingerprint density at radius 3 is 2.76 bits per heavy atom. The van der Waals surface area contributed by atoms with Crippen molar-refractivity contribution in [3.63, 3.8) is 0 Å². The van der Waals surface area contributed by atoms with Crippen molar-refractivity contribution in [3.05, 3.63) is 35.1 Å². The van der Waals surface area contributed by atoms with E-state index in [0.29, 0.717) is 11.8 Å². The van der Waals surface area contributed by atoms with E-state index in [1.165, 1.54) is 22.8 Å². The van der Waals surface area contributed by atoms with Crippen LogP contribution in [-0.2, 0) is 0 Å². The summed E-state index contributed by atoms with van der Waals surface area (Å²) in [5.41, 5.74) is 0. The topological polar surface area (TPSA) is 66.0 Å². The number of ether oxygens (including phenoxy) is 1. The molecule has 2 aromatic rings. The minimum absolute atomic E-state index is 0.596. The van der Waals surface area contributed by atoms with Crippen molar-refractivity contribution in [1.29, 1.82) is 0 Å². The van der Waals surface area contributed by atoms with Gasteiger partial charge in [-0.1, -0.05) is 27.7 Å². The molecule has 90 valence electrons. The molecule has 7 heteroatoms.